The van der Waals surface area contributed by atoms with E-state index in [1.165, 1.54) is 12.1 Å². The molecule has 0 spiro atoms. The van der Waals surface area contributed by atoms with Crippen LogP contribution in [0.5, 0.6) is 11.5 Å². The lowest BCUT2D eigenvalue weighted by molar-refractivity contribution is -0.123. The van der Waals surface area contributed by atoms with Gasteiger partial charge < -0.3 is 19.5 Å². The molecule has 0 unspecified atom stereocenters. The molecule has 1 aliphatic heterocycles. The monoisotopic (exact) mass is 323 g/mol. The largest absolute Gasteiger partial charge is 0.489 e. The molecular weight excluding hydrogens is 310 g/mol. The molecule has 0 radical (unpaired) electrons. The number of hydrogen-bond acceptors (Lipinski definition) is 5. The molecule has 22 heavy (non-hydrogen) atoms. The summed E-state index contributed by atoms with van der Waals surface area (Å²) in [6.07, 6.45) is 5.73. The van der Waals surface area contributed by atoms with Gasteiger partial charge in [0.05, 0.1) is 30.3 Å². The number of nitrogens with one attached hydrogen (secondary N) is 1. The Kier molecular flexibility index (Phi) is 5.50. The predicted molar refractivity (Wildman–Crippen MR) is 79.2 cm³/mol. The van der Waals surface area contributed by atoms with E-state index in [4.69, 9.17) is 32.2 Å². The van der Waals surface area contributed by atoms with E-state index in [2.05, 4.69) is 11.2 Å². The first-order valence-corrected chi connectivity index (χ1v) is 6.96. The van der Waals surface area contributed by atoms with Crippen molar-refractivity contribution in [3.8, 4) is 23.8 Å². The number of benzene rings is 1. The van der Waals surface area contributed by atoms with E-state index in [1.54, 1.807) is 0 Å². The Morgan fingerprint density at radius 2 is 2.14 bits per heavy atom. The average Bonchev–Trinajstić information content (AvgIpc) is 2.76. The van der Waals surface area contributed by atoms with E-state index in [0.29, 0.717) is 24.7 Å². The summed E-state index contributed by atoms with van der Waals surface area (Å²) >= 11 is 6.08. The Morgan fingerprint density at radius 3 is 2.91 bits per heavy atom. The van der Waals surface area contributed by atoms with Crippen molar-refractivity contribution in [3.05, 3.63) is 22.7 Å². The van der Waals surface area contributed by atoms with Crippen LogP contribution in [0.2, 0.25) is 5.02 Å². The van der Waals surface area contributed by atoms with E-state index in [1.807, 2.05) is 0 Å². The minimum atomic E-state index is -0.687. The third-order valence-electron chi connectivity index (χ3n) is 2.76. The van der Waals surface area contributed by atoms with Gasteiger partial charge >= 0.3 is 5.97 Å². The summed E-state index contributed by atoms with van der Waals surface area (Å²) in [6.45, 7) is 0.612. The second-order valence-corrected chi connectivity index (χ2v) is 4.80. The standard InChI is InChI=1S/C15H14ClNO5/c1-2-4-17-13(18)9-22-15(19)10-7-11(16)14-12(8-10)20-5-3-6-21-14/h1,7-8H,3-6,9H2,(H,17,18). The second-order valence-electron chi connectivity index (χ2n) is 4.39. The van der Waals surface area contributed by atoms with Crippen LogP contribution in [0.4, 0.5) is 0 Å². The van der Waals surface area contributed by atoms with Crippen LogP contribution < -0.4 is 14.8 Å². The Hall–Kier alpha value is -2.39. The van der Waals surface area contributed by atoms with Gasteiger partial charge in [-0.2, -0.15) is 0 Å². The van der Waals surface area contributed by atoms with E-state index in [9.17, 15) is 9.59 Å². The van der Waals surface area contributed by atoms with E-state index in [-0.39, 0.29) is 17.1 Å². The van der Waals surface area contributed by atoms with Gasteiger partial charge in [0.2, 0.25) is 0 Å². The molecule has 7 heteroatoms. The first kappa shape index (κ1) is 16.0. The molecule has 0 saturated heterocycles. The molecule has 1 aromatic carbocycles. The van der Waals surface area contributed by atoms with Crippen LogP contribution in [0.3, 0.4) is 0 Å². The zero-order valence-corrected chi connectivity index (χ0v) is 12.4. The van der Waals surface area contributed by atoms with Gasteiger partial charge in [0.1, 0.15) is 0 Å². The summed E-state index contributed by atoms with van der Waals surface area (Å²) in [5, 5.41) is 2.64. The fourth-order valence-corrected chi connectivity index (χ4v) is 2.03. The number of hydrogen-bond donors (Lipinski definition) is 1. The highest BCUT2D eigenvalue weighted by Gasteiger charge is 2.19. The summed E-state index contributed by atoms with van der Waals surface area (Å²) in [5.74, 6) is 1.87. The fraction of sp³-hybridized carbons (Fsp3) is 0.333. The van der Waals surface area contributed by atoms with Crippen LogP contribution in [0.1, 0.15) is 16.8 Å². The molecule has 116 valence electrons. The molecule has 1 heterocycles. The molecule has 1 amide bonds. The number of esters is 1. The number of terminal acetylenes is 1. The molecule has 1 aromatic rings. The van der Waals surface area contributed by atoms with Crippen LogP contribution >= 0.6 is 11.6 Å². The van der Waals surface area contributed by atoms with Gasteiger partial charge in [-0.25, -0.2) is 4.79 Å². The van der Waals surface area contributed by atoms with Crippen molar-refractivity contribution in [3.63, 3.8) is 0 Å². The Balaban J connectivity index is 2.04. The van der Waals surface area contributed by atoms with Gasteiger partial charge in [0.25, 0.3) is 5.91 Å². The normalized spacial score (nSPS) is 12.7. The zero-order chi connectivity index (χ0) is 15.9. The van der Waals surface area contributed by atoms with Crippen molar-refractivity contribution < 1.29 is 23.8 Å². The molecule has 0 aromatic heterocycles. The van der Waals surface area contributed by atoms with Crippen LogP contribution in [0.15, 0.2) is 12.1 Å². The van der Waals surface area contributed by atoms with Gasteiger partial charge in [-0.3, -0.25) is 4.79 Å². The maximum Gasteiger partial charge on any atom is 0.338 e. The number of rotatable bonds is 4. The first-order valence-electron chi connectivity index (χ1n) is 6.58. The summed E-state index contributed by atoms with van der Waals surface area (Å²) < 4.78 is 15.8. The Labute approximate surface area is 132 Å². The molecule has 0 saturated carbocycles. The van der Waals surface area contributed by atoms with Crippen LogP contribution in [-0.4, -0.2) is 38.2 Å². The summed E-state index contributed by atoms with van der Waals surface area (Å²) in [5.41, 5.74) is 0.180. The highest BCUT2D eigenvalue weighted by atomic mass is 35.5. The second kappa shape index (κ2) is 7.57. The molecule has 0 atom stereocenters. The molecule has 6 nitrogen and oxygen atoms in total. The molecule has 0 bridgehead atoms. The van der Waals surface area contributed by atoms with Gasteiger partial charge in [-0.05, 0) is 12.1 Å². The number of carbonyl (C=O) groups excluding carboxylic acids is 2. The third kappa shape index (κ3) is 4.06. The minimum Gasteiger partial charge on any atom is -0.489 e. The molecule has 1 aliphatic rings. The third-order valence-corrected chi connectivity index (χ3v) is 3.04. The summed E-state index contributed by atoms with van der Waals surface area (Å²) in [7, 11) is 0. The Morgan fingerprint density at radius 1 is 1.36 bits per heavy atom. The van der Waals surface area contributed by atoms with Gasteiger partial charge in [-0.15, -0.1) is 6.42 Å². The molecule has 0 fully saturated rings. The quantitative estimate of drug-likeness (QED) is 0.670. The zero-order valence-electron chi connectivity index (χ0n) is 11.7. The van der Waals surface area contributed by atoms with Crippen LogP contribution in [0.25, 0.3) is 0 Å². The number of halogens is 1. The van der Waals surface area contributed by atoms with Crippen molar-refractivity contribution >= 4 is 23.5 Å². The number of ether oxygens (including phenoxy) is 3. The topological polar surface area (TPSA) is 73.9 Å². The molecular formula is C15H14ClNO5. The van der Waals surface area contributed by atoms with Crippen molar-refractivity contribution in [1.82, 2.24) is 5.32 Å². The number of fused-ring (bicyclic) bond motifs is 1. The van der Waals surface area contributed by atoms with Crippen molar-refractivity contribution in [2.45, 2.75) is 6.42 Å². The van der Waals surface area contributed by atoms with Crippen molar-refractivity contribution in [2.75, 3.05) is 26.4 Å². The minimum absolute atomic E-state index is 0.0756. The predicted octanol–water partition coefficient (Wildman–Crippen LogP) is 1.41. The van der Waals surface area contributed by atoms with E-state index < -0.39 is 18.5 Å². The Bertz CT molecular complexity index is 623. The maximum atomic E-state index is 11.9. The molecule has 0 aliphatic carbocycles. The smallest absolute Gasteiger partial charge is 0.338 e. The van der Waals surface area contributed by atoms with Crippen molar-refractivity contribution in [1.29, 1.82) is 0 Å². The van der Waals surface area contributed by atoms with Gasteiger partial charge in [0, 0.05) is 6.42 Å². The SMILES string of the molecule is C#CCNC(=O)COC(=O)c1cc(Cl)c2c(c1)OCCCO2. The van der Waals surface area contributed by atoms with Crippen molar-refractivity contribution in [2.24, 2.45) is 0 Å². The maximum absolute atomic E-state index is 11.9. The van der Waals surface area contributed by atoms with Crippen LogP contribution in [-0.2, 0) is 9.53 Å². The molecule has 2 rings (SSSR count). The average molecular weight is 324 g/mol. The van der Waals surface area contributed by atoms with Gasteiger partial charge in [-0.1, -0.05) is 17.5 Å². The summed E-state index contributed by atoms with van der Waals surface area (Å²) in [4.78, 5) is 23.3. The van der Waals surface area contributed by atoms with Gasteiger partial charge in [0.15, 0.2) is 18.1 Å². The molecule has 1 N–H and O–H groups in total. The van der Waals surface area contributed by atoms with Crippen LogP contribution in [0, 0.1) is 12.3 Å². The van der Waals surface area contributed by atoms with E-state index in [0.717, 1.165) is 6.42 Å². The van der Waals surface area contributed by atoms with E-state index >= 15 is 0 Å². The first-order chi connectivity index (χ1) is 10.6. The lowest BCUT2D eigenvalue weighted by Gasteiger charge is -2.11. The number of amides is 1. The highest BCUT2D eigenvalue weighted by molar-refractivity contribution is 6.32. The lowest BCUT2D eigenvalue weighted by Crippen LogP contribution is -2.29. The highest BCUT2D eigenvalue weighted by Crippen LogP contribution is 2.38. The number of carbonyl (C=O) groups is 2. The lowest BCUT2D eigenvalue weighted by atomic mass is 10.2. The summed E-state index contributed by atoms with van der Waals surface area (Å²) in [6, 6.07) is 2.89. The fourth-order valence-electron chi connectivity index (χ4n) is 1.76.